The molecule has 1 heterocycles. The van der Waals surface area contributed by atoms with Crippen molar-refractivity contribution in [1.82, 2.24) is 4.90 Å². The first kappa shape index (κ1) is 20.9. The van der Waals surface area contributed by atoms with E-state index in [1.165, 1.54) is 0 Å². The van der Waals surface area contributed by atoms with Gasteiger partial charge in [0.2, 0.25) is 5.91 Å². The number of benzene rings is 2. The highest BCUT2D eigenvalue weighted by molar-refractivity contribution is 6.35. The van der Waals surface area contributed by atoms with Gasteiger partial charge in [0.1, 0.15) is 0 Å². The Morgan fingerprint density at radius 3 is 2.50 bits per heavy atom. The van der Waals surface area contributed by atoms with Crippen LogP contribution in [0.1, 0.15) is 12.5 Å². The quantitative estimate of drug-likeness (QED) is 0.755. The number of carbonyl (C=O) groups is 1. The molecule has 0 aromatic heterocycles. The molecule has 7 heteroatoms. The maximum Gasteiger partial charge on any atom is 0.241 e. The average Bonchev–Trinajstić information content (AvgIpc) is 2.70. The molecule has 1 aliphatic rings. The van der Waals surface area contributed by atoms with Crippen LogP contribution in [0.5, 0.6) is 0 Å². The molecule has 0 bridgehead atoms. The predicted molar refractivity (Wildman–Crippen MR) is 115 cm³/mol. The zero-order chi connectivity index (χ0) is 20.1. The van der Waals surface area contributed by atoms with Crippen LogP contribution in [-0.2, 0) is 16.1 Å². The van der Waals surface area contributed by atoms with Gasteiger partial charge in [-0.1, -0.05) is 29.3 Å². The number of amides is 1. The lowest BCUT2D eigenvalue weighted by Gasteiger charge is -2.29. The molecule has 0 unspecified atom stereocenters. The van der Waals surface area contributed by atoms with Crippen LogP contribution in [0.4, 0.5) is 11.4 Å². The lowest BCUT2D eigenvalue weighted by Crippen LogP contribution is -2.39. The van der Waals surface area contributed by atoms with Gasteiger partial charge in [0.05, 0.1) is 19.3 Å². The summed E-state index contributed by atoms with van der Waals surface area (Å²) in [4.78, 5) is 16.9. The summed E-state index contributed by atoms with van der Waals surface area (Å²) >= 11 is 12.2. The molecule has 0 aliphatic carbocycles. The first-order valence-corrected chi connectivity index (χ1v) is 10.1. The molecule has 5 nitrogen and oxygen atoms in total. The van der Waals surface area contributed by atoms with Gasteiger partial charge in [-0.3, -0.25) is 9.69 Å². The van der Waals surface area contributed by atoms with E-state index in [9.17, 15) is 4.79 Å². The Morgan fingerprint density at radius 2 is 1.86 bits per heavy atom. The fourth-order valence-electron chi connectivity index (χ4n) is 3.08. The summed E-state index contributed by atoms with van der Waals surface area (Å²) in [6, 6.07) is 13.0. The summed E-state index contributed by atoms with van der Waals surface area (Å²) in [6.45, 7) is 5.71. The van der Waals surface area contributed by atoms with E-state index in [0.717, 1.165) is 43.2 Å². The molecule has 2 aromatic carbocycles. The van der Waals surface area contributed by atoms with Crippen molar-refractivity contribution < 1.29 is 9.53 Å². The summed E-state index contributed by atoms with van der Waals surface area (Å²) in [6.07, 6.45) is 0. The van der Waals surface area contributed by atoms with E-state index >= 15 is 0 Å². The van der Waals surface area contributed by atoms with Crippen LogP contribution < -0.4 is 10.2 Å². The minimum absolute atomic E-state index is 0.0632. The minimum atomic E-state index is -0.314. The van der Waals surface area contributed by atoms with Crippen LogP contribution in [0.15, 0.2) is 42.5 Å². The highest BCUT2D eigenvalue weighted by Crippen LogP contribution is 2.23. The summed E-state index contributed by atoms with van der Waals surface area (Å²) in [5, 5.41) is 4.19. The molecule has 150 valence electrons. The second-order valence-electron chi connectivity index (χ2n) is 6.96. The summed E-state index contributed by atoms with van der Waals surface area (Å²) in [5.41, 5.74) is 2.86. The van der Waals surface area contributed by atoms with Gasteiger partial charge in [-0.15, -0.1) is 0 Å². The van der Waals surface area contributed by atoms with Crippen LogP contribution in [-0.4, -0.2) is 50.2 Å². The normalized spacial score (nSPS) is 15.5. The lowest BCUT2D eigenvalue weighted by atomic mass is 10.1. The molecular weight excluding hydrogens is 397 g/mol. The van der Waals surface area contributed by atoms with Crippen molar-refractivity contribution in [3.8, 4) is 0 Å². The van der Waals surface area contributed by atoms with Crippen LogP contribution >= 0.6 is 23.2 Å². The zero-order valence-corrected chi connectivity index (χ0v) is 17.6. The Labute approximate surface area is 176 Å². The number of nitrogens with zero attached hydrogens (tertiary/aromatic N) is 2. The topological polar surface area (TPSA) is 44.8 Å². The third-order valence-corrected chi connectivity index (χ3v) is 5.57. The molecule has 1 N–H and O–H groups in total. The number of anilines is 2. The molecule has 28 heavy (non-hydrogen) atoms. The number of halogens is 2. The van der Waals surface area contributed by atoms with Crippen LogP contribution in [0.25, 0.3) is 0 Å². The standard InChI is InChI=1S/C21H25Cl2N3O2/c1-15(25(2)14-16-3-4-17(22)13-20(16)23)21(27)24-18-5-7-19(8-6-18)26-9-11-28-12-10-26/h3-8,13,15H,9-12,14H2,1-2H3,(H,24,27)/t15-/m1/s1. The molecule has 1 amide bonds. The first-order valence-electron chi connectivity index (χ1n) is 9.32. The molecule has 0 radical (unpaired) electrons. The highest BCUT2D eigenvalue weighted by Gasteiger charge is 2.19. The van der Waals surface area contributed by atoms with Gasteiger partial charge < -0.3 is 15.0 Å². The molecule has 1 atom stereocenters. The Kier molecular flexibility index (Phi) is 7.18. The van der Waals surface area contributed by atoms with E-state index < -0.39 is 0 Å². The van der Waals surface area contributed by atoms with E-state index in [4.69, 9.17) is 27.9 Å². The van der Waals surface area contributed by atoms with E-state index in [0.29, 0.717) is 16.6 Å². The lowest BCUT2D eigenvalue weighted by molar-refractivity contribution is -0.120. The maximum atomic E-state index is 12.6. The van der Waals surface area contributed by atoms with Crippen molar-refractivity contribution in [3.63, 3.8) is 0 Å². The molecule has 0 saturated carbocycles. The fraction of sp³-hybridized carbons (Fsp3) is 0.381. The Hall–Kier alpha value is -1.79. The summed E-state index contributed by atoms with van der Waals surface area (Å²) < 4.78 is 5.38. The minimum Gasteiger partial charge on any atom is -0.378 e. The van der Waals surface area contributed by atoms with Gasteiger partial charge in [0, 0.05) is 41.1 Å². The van der Waals surface area contributed by atoms with Crippen molar-refractivity contribution >= 4 is 40.5 Å². The smallest absolute Gasteiger partial charge is 0.241 e. The number of likely N-dealkylation sites (N-methyl/N-ethyl adjacent to an activating group) is 1. The van der Waals surface area contributed by atoms with Crippen molar-refractivity contribution in [2.75, 3.05) is 43.6 Å². The van der Waals surface area contributed by atoms with Crippen molar-refractivity contribution in [2.24, 2.45) is 0 Å². The molecule has 0 spiro atoms. The van der Waals surface area contributed by atoms with Crippen molar-refractivity contribution in [2.45, 2.75) is 19.5 Å². The predicted octanol–water partition coefficient (Wildman–Crippen LogP) is 4.29. The maximum absolute atomic E-state index is 12.6. The van der Waals surface area contributed by atoms with Crippen LogP contribution in [0.2, 0.25) is 10.0 Å². The zero-order valence-electron chi connectivity index (χ0n) is 16.1. The average molecular weight is 422 g/mol. The number of ether oxygens (including phenoxy) is 1. The highest BCUT2D eigenvalue weighted by atomic mass is 35.5. The van der Waals surface area contributed by atoms with Crippen molar-refractivity contribution in [3.05, 3.63) is 58.1 Å². The van der Waals surface area contributed by atoms with Crippen molar-refractivity contribution in [1.29, 1.82) is 0 Å². The van der Waals surface area contributed by atoms with Gasteiger partial charge in [-0.05, 0) is 55.9 Å². The number of carbonyl (C=O) groups excluding carboxylic acids is 1. The van der Waals surface area contributed by atoms with E-state index in [2.05, 4.69) is 10.2 Å². The number of rotatable bonds is 6. The second-order valence-corrected chi connectivity index (χ2v) is 7.81. The fourth-order valence-corrected chi connectivity index (χ4v) is 3.55. The van der Waals surface area contributed by atoms with Gasteiger partial charge in [0.25, 0.3) is 0 Å². The molecule has 1 aliphatic heterocycles. The summed E-state index contributed by atoms with van der Waals surface area (Å²) in [7, 11) is 1.90. The first-order chi connectivity index (χ1) is 13.4. The van der Waals surface area contributed by atoms with Gasteiger partial charge in [0.15, 0.2) is 0 Å². The monoisotopic (exact) mass is 421 g/mol. The number of morpholine rings is 1. The Morgan fingerprint density at radius 1 is 1.18 bits per heavy atom. The number of hydrogen-bond acceptors (Lipinski definition) is 4. The van der Waals surface area contributed by atoms with Gasteiger partial charge >= 0.3 is 0 Å². The molecular formula is C21H25Cl2N3O2. The van der Waals surface area contributed by atoms with Gasteiger partial charge in [-0.2, -0.15) is 0 Å². The Balaban J connectivity index is 1.57. The second kappa shape index (κ2) is 9.61. The molecule has 1 fully saturated rings. The number of hydrogen-bond donors (Lipinski definition) is 1. The molecule has 1 saturated heterocycles. The van der Waals surface area contributed by atoms with Gasteiger partial charge in [-0.25, -0.2) is 0 Å². The summed E-state index contributed by atoms with van der Waals surface area (Å²) in [5.74, 6) is -0.0632. The number of nitrogens with one attached hydrogen (secondary N) is 1. The van der Waals surface area contributed by atoms with Crippen LogP contribution in [0.3, 0.4) is 0 Å². The largest absolute Gasteiger partial charge is 0.378 e. The van der Waals surface area contributed by atoms with E-state index in [1.54, 1.807) is 12.1 Å². The third-order valence-electron chi connectivity index (χ3n) is 4.99. The Bertz CT molecular complexity index is 808. The third kappa shape index (κ3) is 5.39. The SMILES string of the molecule is C[C@H](C(=O)Nc1ccc(N2CCOCC2)cc1)N(C)Cc1ccc(Cl)cc1Cl. The van der Waals surface area contributed by atoms with E-state index in [-0.39, 0.29) is 11.9 Å². The molecule has 3 rings (SSSR count). The van der Waals surface area contributed by atoms with Crippen LogP contribution in [0, 0.1) is 0 Å². The van der Waals surface area contributed by atoms with E-state index in [1.807, 2.05) is 49.2 Å². The molecule has 2 aromatic rings.